The summed E-state index contributed by atoms with van der Waals surface area (Å²) in [4.78, 5) is 0. The molecule has 2 saturated heterocycles. The number of hydrogen-bond donors (Lipinski definition) is 1. The number of likely N-dealkylation sites (N-methyl/N-ethyl adjacent to an activating group) is 1. The van der Waals surface area contributed by atoms with E-state index in [1.54, 1.807) is 11.4 Å². The summed E-state index contributed by atoms with van der Waals surface area (Å²) in [6, 6.07) is 0.118. The van der Waals surface area contributed by atoms with Crippen molar-refractivity contribution in [3.63, 3.8) is 0 Å². The molecule has 102 valence electrons. The van der Waals surface area contributed by atoms with Gasteiger partial charge in [0, 0.05) is 26.2 Å². The van der Waals surface area contributed by atoms with E-state index in [1.807, 2.05) is 0 Å². The van der Waals surface area contributed by atoms with Crippen molar-refractivity contribution < 1.29 is 13.2 Å². The molecule has 0 aromatic carbocycles. The lowest BCUT2D eigenvalue weighted by molar-refractivity contribution is 0.0973. The molecule has 5 nitrogen and oxygen atoms in total. The van der Waals surface area contributed by atoms with Gasteiger partial charge in [-0.3, -0.25) is 0 Å². The van der Waals surface area contributed by atoms with Crippen molar-refractivity contribution in [2.24, 2.45) is 0 Å². The molecular formula is C10H21ClN2O3S. The van der Waals surface area contributed by atoms with Crippen LogP contribution in [0.3, 0.4) is 0 Å². The molecule has 0 bridgehead atoms. The minimum absolute atomic E-state index is 0. The molecule has 2 aliphatic heterocycles. The van der Waals surface area contributed by atoms with Crippen molar-refractivity contribution in [3.05, 3.63) is 0 Å². The van der Waals surface area contributed by atoms with Crippen molar-refractivity contribution in [1.82, 2.24) is 9.62 Å². The molecule has 0 aliphatic carbocycles. The smallest absolute Gasteiger partial charge is 0.219 e. The first kappa shape index (κ1) is 15.2. The highest BCUT2D eigenvalue weighted by atomic mass is 35.5. The molecule has 1 N–H and O–H groups in total. The molecule has 0 aromatic heterocycles. The molecule has 2 unspecified atom stereocenters. The first-order valence-electron chi connectivity index (χ1n) is 5.87. The van der Waals surface area contributed by atoms with Crippen molar-refractivity contribution in [2.75, 3.05) is 33.4 Å². The van der Waals surface area contributed by atoms with Gasteiger partial charge >= 0.3 is 0 Å². The number of rotatable bonds is 3. The fourth-order valence-electron chi connectivity index (χ4n) is 2.34. The maximum Gasteiger partial charge on any atom is 0.219 e. The standard InChI is InChI=1S/C10H20N2O3S.ClH/c1-12(9-4-5-11-7-9)16(13,14)10-3-2-6-15-8-10;/h9-11H,2-8H2,1H3;1H. The van der Waals surface area contributed by atoms with Crippen LogP contribution >= 0.6 is 12.4 Å². The zero-order chi connectivity index (χ0) is 11.6. The Morgan fingerprint density at radius 2 is 2.12 bits per heavy atom. The molecule has 0 aromatic rings. The topological polar surface area (TPSA) is 58.6 Å². The highest BCUT2D eigenvalue weighted by Gasteiger charge is 2.35. The van der Waals surface area contributed by atoms with Gasteiger partial charge in [-0.25, -0.2) is 12.7 Å². The zero-order valence-electron chi connectivity index (χ0n) is 10.1. The monoisotopic (exact) mass is 284 g/mol. The van der Waals surface area contributed by atoms with Crippen LogP contribution in [0.15, 0.2) is 0 Å². The Morgan fingerprint density at radius 3 is 2.65 bits per heavy atom. The fraction of sp³-hybridized carbons (Fsp3) is 1.00. The van der Waals surface area contributed by atoms with Crippen LogP contribution in [0.25, 0.3) is 0 Å². The van der Waals surface area contributed by atoms with Crippen LogP contribution in [-0.4, -0.2) is 57.4 Å². The molecule has 7 heteroatoms. The van der Waals surface area contributed by atoms with Crippen molar-refractivity contribution in [3.8, 4) is 0 Å². The minimum atomic E-state index is -3.18. The van der Waals surface area contributed by atoms with Gasteiger partial charge < -0.3 is 10.1 Å². The van der Waals surface area contributed by atoms with Crippen molar-refractivity contribution >= 4 is 22.4 Å². The lowest BCUT2D eigenvalue weighted by atomic mass is 10.2. The lowest BCUT2D eigenvalue weighted by Crippen LogP contribution is -2.46. The van der Waals surface area contributed by atoms with Gasteiger partial charge in [-0.15, -0.1) is 12.4 Å². The first-order valence-corrected chi connectivity index (χ1v) is 7.38. The van der Waals surface area contributed by atoms with E-state index in [0.29, 0.717) is 13.2 Å². The molecular weight excluding hydrogens is 264 g/mol. The van der Waals surface area contributed by atoms with Crippen LogP contribution in [0.2, 0.25) is 0 Å². The normalized spacial score (nSPS) is 30.2. The van der Waals surface area contributed by atoms with Gasteiger partial charge in [-0.05, 0) is 25.8 Å². The third-order valence-electron chi connectivity index (χ3n) is 3.49. The van der Waals surface area contributed by atoms with Crippen LogP contribution in [-0.2, 0) is 14.8 Å². The van der Waals surface area contributed by atoms with E-state index in [1.165, 1.54) is 0 Å². The Hall–Kier alpha value is 0.120. The highest BCUT2D eigenvalue weighted by Crippen LogP contribution is 2.21. The van der Waals surface area contributed by atoms with Crippen LogP contribution in [0, 0.1) is 0 Å². The Balaban J connectivity index is 0.00000144. The quantitative estimate of drug-likeness (QED) is 0.805. The van der Waals surface area contributed by atoms with Crippen LogP contribution in [0.4, 0.5) is 0 Å². The lowest BCUT2D eigenvalue weighted by Gasteiger charge is -2.30. The van der Waals surface area contributed by atoms with E-state index >= 15 is 0 Å². The van der Waals surface area contributed by atoms with Gasteiger partial charge in [0.2, 0.25) is 10.0 Å². The Morgan fingerprint density at radius 1 is 1.35 bits per heavy atom. The van der Waals surface area contributed by atoms with E-state index < -0.39 is 10.0 Å². The van der Waals surface area contributed by atoms with Gasteiger partial charge in [0.15, 0.2) is 0 Å². The Labute approximate surface area is 109 Å². The zero-order valence-corrected chi connectivity index (χ0v) is 11.7. The average molecular weight is 285 g/mol. The number of nitrogens with one attached hydrogen (secondary N) is 1. The van der Waals surface area contributed by atoms with E-state index in [2.05, 4.69) is 5.32 Å². The first-order chi connectivity index (χ1) is 7.62. The molecule has 2 heterocycles. The number of hydrogen-bond acceptors (Lipinski definition) is 4. The van der Waals surface area contributed by atoms with Crippen LogP contribution in [0.1, 0.15) is 19.3 Å². The molecule has 2 aliphatic rings. The summed E-state index contributed by atoms with van der Waals surface area (Å²) in [5, 5.41) is 2.85. The van der Waals surface area contributed by atoms with Gasteiger partial charge in [-0.2, -0.15) is 0 Å². The Kier molecular flexibility index (Phi) is 5.66. The second-order valence-corrected chi connectivity index (χ2v) is 6.82. The van der Waals surface area contributed by atoms with Crippen molar-refractivity contribution in [1.29, 1.82) is 0 Å². The maximum absolute atomic E-state index is 12.3. The van der Waals surface area contributed by atoms with Gasteiger partial charge in [0.1, 0.15) is 0 Å². The molecule has 17 heavy (non-hydrogen) atoms. The molecule has 2 rings (SSSR count). The summed E-state index contributed by atoms with van der Waals surface area (Å²) in [6.07, 6.45) is 2.48. The minimum Gasteiger partial charge on any atom is -0.380 e. The Bertz CT molecular complexity index is 324. The summed E-state index contributed by atoms with van der Waals surface area (Å²) < 4.78 is 31.4. The number of nitrogens with zero attached hydrogens (tertiary/aromatic N) is 1. The van der Waals surface area contributed by atoms with E-state index in [0.717, 1.165) is 32.4 Å². The van der Waals surface area contributed by atoms with E-state index in [9.17, 15) is 8.42 Å². The fourth-order valence-corrected chi connectivity index (χ4v) is 4.14. The third-order valence-corrected chi connectivity index (χ3v) is 5.80. The second kappa shape index (κ2) is 6.33. The van der Waals surface area contributed by atoms with Gasteiger partial charge in [-0.1, -0.05) is 0 Å². The SMILES string of the molecule is CN(C1CCNC1)S(=O)(=O)C1CCCOC1.Cl. The summed E-state index contributed by atoms with van der Waals surface area (Å²) in [6.45, 7) is 2.72. The van der Waals surface area contributed by atoms with Crippen molar-refractivity contribution in [2.45, 2.75) is 30.6 Å². The molecule has 2 atom stereocenters. The molecule has 0 spiro atoms. The molecule has 0 saturated carbocycles. The highest BCUT2D eigenvalue weighted by molar-refractivity contribution is 7.89. The van der Waals surface area contributed by atoms with Gasteiger partial charge in [0.25, 0.3) is 0 Å². The number of halogens is 1. The predicted octanol–water partition coefficient (Wildman–Crippen LogP) is 0.211. The van der Waals surface area contributed by atoms with Crippen LogP contribution < -0.4 is 5.32 Å². The summed E-state index contributed by atoms with van der Waals surface area (Å²) in [5.41, 5.74) is 0. The summed E-state index contributed by atoms with van der Waals surface area (Å²) in [5.74, 6) is 0. The van der Waals surface area contributed by atoms with E-state index in [-0.39, 0.29) is 23.7 Å². The van der Waals surface area contributed by atoms with Gasteiger partial charge in [0.05, 0.1) is 11.9 Å². The molecule has 2 fully saturated rings. The maximum atomic E-state index is 12.3. The average Bonchev–Trinajstić information content (AvgIpc) is 2.82. The van der Waals surface area contributed by atoms with Crippen LogP contribution in [0.5, 0.6) is 0 Å². The summed E-state index contributed by atoms with van der Waals surface area (Å²) >= 11 is 0. The molecule has 0 radical (unpaired) electrons. The predicted molar refractivity (Wildman–Crippen MR) is 69.0 cm³/mol. The number of ether oxygens (including phenoxy) is 1. The second-order valence-electron chi connectivity index (χ2n) is 4.55. The number of sulfonamides is 1. The molecule has 0 amide bonds. The largest absolute Gasteiger partial charge is 0.380 e. The third kappa shape index (κ3) is 3.32. The van der Waals surface area contributed by atoms with E-state index in [4.69, 9.17) is 4.74 Å². The summed E-state index contributed by atoms with van der Waals surface area (Å²) in [7, 11) is -1.48.